The highest BCUT2D eigenvalue weighted by molar-refractivity contribution is 5.87. The van der Waals surface area contributed by atoms with Crippen LogP contribution in [0.25, 0.3) is 0 Å². The summed E-state index contributed by atoms with van der Waals surface area (Å²) in [5.41, 5.74) is 0.170. The number of hydrogen-bond donors (Lipinski definition) is 1. The minimum Gasteiger partial charge on any atom is -0.479 e. The van der Waals surface area contributed by atoms with Gasteiger partial charge in [-0.2, -0.15) is 0 Å². The van der Waals surface area contributed by atoms with Crippen LogP contribution in [0.2, 0.25) is 0 Å². The summed E-state index contributed by atoms with van der Waals surface area (Å²) >= 11 is 0. The monoisotopic (exact) mass is 252 g/mol. The Kier molecular flexibility index (Phi) is 5.17. The summed E-state index contributed by atoms with van der Waals surface area (Å²) in [6.45, 7) is 3.86. The predicted octanol–water partition coefficient (Wildman–Crippen LogP) is 2.11. The van der Waals surface area contributed by atoms with Gasteiger partial charge in [0.2, 0.25) is 0 Å². The van der Waals surface area contributed by atoms with Crippen LogP contribution >= 0.6 is 0 Å². The lowest BCUT2D eigenvalue weighted by atomic mass is 10.2. The van der Waals surface area contributed by atoms with E-state index in [1.807, 2.05) is 6.92 Å². The molecule has 0 aliphatic heterocycles. The molecular formula is C13H16O5. The topological polar surface area (TPSA) is 72.8 Å². The molecule has 0 unspecified atom stereocenters. The van der Waals surface area contributed by atoms with Crippen LogP contribution in [0.5, 0.6) is 5.75 Å². The molecule has 0 fully saturated rings. The number of benzene rings is 1. The normalized spacial score (nSPS) is 11.7. The average molecular weight is 252 g/mol. The molecule has 0 bridgehead atoms. The number of carboxylic acid groups (broad SMARTS) is 1. The molecule has 0 amide bonds. The van der Waals surface area contributed by atoms with Crippen molar-refractivity contribution in [1.82, 2.24) is 0 Å². The van der Waals surface area contributed by atoms with E-state index in [-0.39, 0.29) is 5.56 Å². The highest BCUT2D eigenvalue weighted by Crippen LogP contribution is 2.14. The van der Waals surface area contributed by atoms with Crippen molar-refractivity contribution in [3.05, 3.63) is 29.8 Å². The lowest BCUT2D eigenvalue weighted by Gasteiger charge is -2.13. The Balaban J connectivity index is 2.56. The molecule has 1 aromatic carbocycles. The first-order valence-corrected chi connectivity index (χ1v) is 5.71. The summed E-state index contributed by atoms with van der Waals surface area (Å²) in [6, 6.07) is 5.85. The van der Waals surface area contributed by atoms with E-state index in [4.69, 9.17) is 14.6 Å². The molecule has 0 saturated heterocycles. The van der Waals surface area contributed by atoms with Gasteiger partial charge in [-0.1, -0.05) is 6.92 Å². The van der Waals surface area contributed by atoms with Crippen molar-refractivity contribution in [2.75, 3.05) is 6.61 Å². The number of hydrogen-bond acceptors (Lipinski definition) is 4. The number of carboxylic acids is 1. The summed E-state index contributed by atoms with van der Waals surface area (Å²) in [5, 5.41) is 8.73. The van der Waals surface area contributed by atoms with Crippen LogP contribution in [0, 0.1) is 0 Å². The van der Waals surface area contributed by atoms with Crippen LogP contribution in [0.4, 0.5) is 0 Å². The van der Waals surface area contributed by atoms with Gasteiger partial charge in [-0.25, -0.2) is 9.59 Å². The molecule has 5 heteroatoms. The van der Waals surface area contributed by atoms with E-state index in [1.54, 1.807) is 6.92 Å². The summed E-state index contributed by atoms with van der Waals surface area (Å²) < 4.78 is 10.3. The van der Waals surface area contributed by atoms with E-state index in [0.717, 1.165) is 6.42 Å². The molecule has 0 aliphatic carbocycles. The van der Waals surface area contributed by atoms with Gasteiger partial charge in [0.05, 0.1) is 12.2 Å². The smallest absolute Gasteiger partial charge is 0.347 e. The average Bonchev–Trinajstić information content (AvgIpc) is 2.36. The molecule has 1 rings (SSSR count). The highest BCUT2D eigenvalue weighted by Gasteiger charge is 2.16. The standard InChI is InChI=1S/C13H16O5/c1-3-8-17-13(16)9(2)18-11-6-4-10(5-7-11)12(14)15/h4-7,9H,3,8H2,1-2H3,(H,14,15)/t9-/m0/s1. The Labute approximate surface area is 105 Å². The predicted molar refractivity (Wildman–Crippen MR) is 64.7 cm³/mol. The minimum atomic E-state index is -1.00. The van der Waals surface area contributed by atoms with Crippen LogP contribution in [-0.4, -0.2) is 29.8 Å². The van der Waals surface area contributed by atoms with E-state index in [2.05, 4.69) is 0 Å². The van der Waals surface area contributed by atoms with E-state index >= 15 is 0 Å². The molecule has 98 valence electrons. The quantitative estimate of drug-likeness (QED) is 0.785. The molecule has 1 N–H and O–H groups in total. The van der Waals surface area contributed by atoms with Gasteiger partial charge in [0, 0.05) is 0 Å². The molecule has 0 aromatic heterocycles. The second-order valence-electron chi connectivity index (χ2n) is 3.76. The molecular weight excluding hydrogens is 236 g/mol. The maximum absolute atomic E-state index is 11.4. The molecule has 0 radical (unpaired) electrons. The van der Waals surface area contributed by atoms with Gasteiger partial charge >= 0.3 is 11.9 Å². The fraction of sp³-hybridized carbons (Fsp3) is 0.385. The van der Waals surface area contributed by atoms with Crippen molar-refractivity contribution in [1.29, 1.82) is 0 Å². The van der Waals surface area contributed by atoms with Crippen molar-refractivity contribution in [3.63, 3.8) is 0 Å². The number of rotatable bonds is 6. The summed E-state index contributed by atoms with van der Waals surface area (Å²) in [6.07, 6.45) is 0.0402. The maximum Gasteiger partial charge on any atom is 0.347 e. The van der Waals surface area contributed by atoms with Crippen molar-refractivity contribution in [3.8, 4) is 5.75 Å². The van der Waals surface area contributed by atoms with E-state index in [0.29, 0.717) is 12.4 Å². The van der Waals surface area contributed by atoms with Crippen molar-refractivity contribution in [2.45, 2.75) is 26.4 Å². The summed E-state index contributed by atoms with van der Waals surface area (Å²) in [4.78, 5) is 22.1. The Morgan fingerprint density at radius 2 is 1.89 bits per heavy atom. The van der Waals surface area contributed by atoms with Crippen LogP contribution < -0.4 is 4.74 Å². The van der Waals surface area contributed by atoms with E-state index < -0.39 is 18.0 Å². The summed E-state index contributed by atoms with van der Waals surface area (Å²) in [5.74, 6) is -1.00. The van der Waals surface area contributed by atoms with E-state index in [1.165, 1.54) is 24.3 Å². The van der Waals surface area contributed by atoms with Gasteiger partial charge in [0.1, 0.15) is 5.75 Å². The Bertz CT molecular complexity index is 410. The molecule has 0 spiro atoms. The van der Waals surface area contributed by atoms with Gasteiger partial charge in [0.25, 0.3) is 0 Å². The number of carbonyl (C=O) groups excluding carboxylic acids is 1. The molecule has 0 saturated carbocycles. The first-order chi connectivity index (χ1) is 8.54. The van der Waals surface area contributed by atoms with Crippen LogP contribution in [0.15, 0.2) is 24.3 Å². The highest BCUT2D eigenvalue weighted by atomic mass is 16.6. The minimum absolute atomic E-state index is 0.170. The third kappa shape index (κ3) is 4.08. The lowest BCUT2D eigenvalue weighted by molar-refractivity contribution is -0.151. The molecule has 0 aliphatic rings. The molecule has 5 nitrogen and oxygen atoms in total. The zero-order valence-corrected chi connectivity index (χ0v) is 10.4. The number of esters is 1. The van der Waals surface area contributed by atoms with Gasteiger partial charge in [-0.3, -0.25) is 0 Å². The number of ether oxygens (including phenoxy) is 2. The molecule has 0 heterocycles. The Morgan fingerprint density at radius 1 is 1.28 bits per heavy atom. The molecule has 1 aromatic rings. The zero-order chi connectivity index (χ0) is 13.5. The largest absolute Gasteiger partial charge is 0.479 e. The van der Waals surface area contributed by atoms with Crippen LogP contribution in [0.1, 0.15) is 30.6 Å². The number of carbonyl (C=O) groups is 2. The van der Waals surface area contributed by atoms with Crippen molar-refractivity contribution < 1.29 is 24.2 Å². The van der Waals surface area contributed by atoms with Gasteiger partial charge < -0.3 is 14.6 Å². The van der Waals surface area contributed by atoms with E-state index in [9.17, 15) is 9.59 Å². The second kappa shape index (κ2) is 6.64. The Morgan fingerprint density at radius 3 is 2.39 bits per heavy atom. The Hall–Kier alpha value is -2.04. The van der Waals surface area contributed by atoms with Crippen LogP contribution in [-0.2, 0) is 9.53 Å². The molecule has 1 atom stereocenters. The SMILES string of the molecule is CCCOC(=O)[C@H](C)Oc1ccc(C(=O)O)cc1. The van der Waals surface area contributed by atoms with Gasteiger partial charge in [-0.05, 0) is 37.6 Å². The maximum atomic E-state index is 11.4. The first-order valence-electron chi connectivity index (χ1n) is 5.71. The fourth-order valence-electron chi connectivity index (χ4n) is 1.25. The number of aromatic carboxylic acids is 1. The van der Waals surface area contributed by atoms with Crippen molar-refractivity contribution in [2.24, 2.45) is 0 Å². The van der Waals surface area contributed by atoms with Gasteiger partial charge in [0.15, 0.2) is 6.10 Å². The lowest BCUT2D eigenvalue weighted by Crippen LogP contribution is -2.26. The van der Waals surface area contributed by atoms with Crippen molar-refractivity contribution >= 4 is 11.9 Å². The van der Waals surface area contributed by atoms with Crippen LogP contribution in [0.3, 0.4) is 0 Å². The summed E-state index contributed by atoms with van der Waals surface area (Å²) in [7, 11) is 0. The zero-order valence-electron chi connectivity index (χ0n) is 10.4. The first kappa shape index (κ1) is 14.0. The third-order valence-electron chi connectivity index (χ3n) is 2.19. The fourth-order valence-corrected chi connectivity index (χ4v) is 1.25. The van der Waals surface area contributed by atoms with Gasteiger partial charge in [-0.15, -0.1) is 0 Å². The second-order valence-corrected chi connectivity index (χ2v) is 3.76. The molecule has 18 heavy (non-hydrogen) atoms. The third-order valence-corrected chi connectivity index (χ3v) is 2.19.